The predicted molar refractivity (Wildman–Crippen MR) is 170 cm³/mol. The Balaban J connectivity index is 1.19. The van der Waals surface area contributed by atoms with Crippen LogP contribution in [0, 0.1) is 23.2 Å². The number of piperidine rings is 1. The summed E-state index contributed by atoms with van der Waals surface area (Å²) in [6, 6.07) is 9.85. The minimum absolute atomic E-state index is 0.0240. The number of benzene rings is 1. The number of carbonyl (C=O) groups is 3. The van der Waals surface area contributed by atoms with E-state index in [9.17, 15) is 14.4 Å². The van der Waals surface area contributed by atoms with Crippen molar-refractivity contribution >= 4 is 23.4 Å². The van der Waals surface area contributed by atoms with Crippen LogP contribution in [0.3, 0.4) is 0 Å². The zero-order valence-electron chi connectivity index (χ0n) is 27.0. The van der Waals surface area contributed by atoms with Crippen molar-refractivity contribution in [3.63, 3.8) is 0 Å². The molecule has 2 saturated heterocycles. The van der Waals surface area contributed by atoms with Gasteiger partial charge in [-0.15, -0.1) is 0 Å². The van der Waals surface area contributed by atoms with Gasteiger partial charge in [0.25, 0.3) is 5.91 Å². The zero-order valence-corrected chi connectivity index (χ0v) is 27.0. The average molecular weight is 602 g/mol. The van der Waals surface area contributed by atoms with E-state index in [-0.39, 0.29) is 45.6 Å². The third kappa shape index (κ3) is 4.40. The largest absolute Gasteiger partial charge is 0.353 e. The van der Waals surface area contributed by atoms with Gasteiger partial charge in [-0.05, 0) is 75.4 Å². The molecule has 9 nitrogen and oxygen atoms in total. The molecule has 0 bridgehead atoms. The molecule has 9 heteroatoms. The van der Waals surface area contributed by atoms with Gasteiger partial charge >= 0.3 is 5.91 Å². The topological polar surface area (TPSA) is 96.3 Å². The third-order valence-electron chi connectivity index (χ3n) is 12.8. The molecular weight excluding hydrogens is 552 g/mol. The van der Waals surface area contributed by atoms with Crippen LogP contribution < -0.4 is 15.1 Å². The second-order valence-corrected chi connectivity index (χ2v) is 15.2. The van der Waals surface area contributed by atoms with Crippen LogP contribution >= 0.6 is 0 Å². The normalized spacial score (nSPS) is 36.2. The van der Waals surface area contributed by atoms with E-state index in [1.807, 2.05) is 7.05 Å². The Morgan fingerprint density at radius 1 is 1.07 bits per heavy atom. The number of amides is 3. The fourth-order valence-electron chi connectivity index (χ4n) is 9.39. The lowest BCUT2D eigenvalue weighted by Crippen LogP contribution is -2.69. The van der Waals surface area contributed by atoms with E-state index in [1.54, 1.807) is 24.0 Å². The molecule has 3 aliphatic carbocycles. The highest BCUT2D eigenvalue weighted by Gasteiger charge is 2.75. The van der Waals surface area contributed by atoms with Crippen molar-refractivity contribution in [3.05, 3.63) is 47.8 Å². The summed E-state index contributed by atoms with van der Waals surface area (Å²) < 4.78 is 1.74. The van der Waals surface area contributed by atoms with Gasteiger partial charge in [-0.2, -0.15) is 5.10 Å². The number of aromatic nitrogens is 2. The number of fused-ring (bicyclic) bond motifs is 1. The molecule has 1 aromatic carbocycles. The number of quaternary nitrogens is 1. The highest BCUT2D eigenvalue weighted by atomic mass is 16.2. The molecule has 236 valence electrons. The Morgan fingerprint density at radius 3 is 2.32 bits per heavy atom. The molecule has 3 heterocycles. The van der Waals surface area contributed by atoms with E-state index in [2.05, 4.69) is 65.8 Å². The Hall–Kier alpha value is -3.04. The van der Waals surface area contributed by atoms with Gasteiger partial charge in [-0.3, -0.25) is 14.3 Å². The van der Waals surface area contributed by atoms with E-state index in [4.69, 9.17) is 0 Å². The minimum Gasteiger partial charge on any atom is -0.353 e. The summed E-state index contributed by atoms with van der Waals surface area (Å²) >= 11 is 0. The van der Waals surface area contributed by atoms with Crippen LogP contribution in [-0.4, -0.2) is 77.7 Å². The van der Waals surface area contributed by atoms with Gasteiger partial charge in [0, 0.05) is 43.6 Å². The molecule has 0 radical (unpaired) electrons. The first-order chi connectivity index (χ1) is 21.0. The molecule has 2 aliphatic heterocycles. The maximum atomic E-state index is 14.7. The summed E-state index contributed by atoms with van der Waals surface area (Å²) in [6.07, 6.45) is 10.4. The van der Waals surface area contributed by atoms with Crippen molar-refractivity contribution in [1.82, 2.24) is 29.8 Å². The Labute approximate surface area is 261 Å². The van der Waals surface area contributed by atoms with Crippen molar-refractivity contribution in [2.45, 2.75) is 88.8 Å². The Bertz CT molecular complexity index is 1460. The lowest BCUT2D eigenvalue weighted by Gasteiger charge is -2.49. The number of nitrogens with zero attached hydrogens (tertiary/aromatic N) is 4. The van der Waals surface area contributed by atoms with Crippen LogP contribution in [0.4, 0.5) is 5.69 Å². The van der Waals surface area contributed by atoms with Gasteiger partial charge in [0.05, 0.1) is 12.5 Å². The van der Waals surface area contributed by atoms with E-state index in [0.717, 1.165) is 43.5 Å². The molecule has 2 N–H and O–H groups in total. The van der Waals surface area contributed by atoms with Crippen LogP contribution in [0.5, 0.6) is 0 Å². The van der Waals surface area contributed by atoms with E-state index < -0.39 is 11.5 Å². The smallest absolute Gasteiger partial charge is 0.341 e. The standard InChI is InChI=1S/C35H48N6O3/c1-22(23-8-6-9-23)37-33(44)35(17-19-39(3)21-35)25-12-14-26(15-13-25)41(5)28-20-34(28,2)29(24-10-7-11-24)30(32(41)43)38-31(42)27-16-18-36-40(27)4/h12-16,18,22-24,28-30H,6-11,17,19-21H2,1-5H3,(H-,37,38,42,44)/p+1/t22?,28?,29?,30-,34?,35?,41?/m0/s1. The highest BCUT2D eigenvalue weighted by Crippen LogP contribution is 2.65. The lowest BCUT2D eigenvalue weighted by molar-refractivity contribution is -0.140. The Morgan fingerprint density at radius 2 is 1.77 bits per heavy atom. The molecular formula is C35H49N6O3+. The number of likely N-dealkylation sites (N-methyl/N-ethyl adjacent to an activating group) is 2. The summed E-state index contributed by atoms with van der Waals surface area (Å²) in [5.41, 5.74) is 1.79. The van der Waals surface area contributed by atoms with E-state index >= 15 is 0 Å². The second kappa shape index (κ2) is 10.5. The molecule has 1 aromatic heterocycles. The molecule has 7 rings (SSSR count). The molecule has 5 fully saturated rings. The van der Waals surface area contributed by atoms with Gasteiger partial charge in [0.15, 0.2) is 0 Å². The molecule has 3 amide bonds. The summed E-state index contributed by atoms with van der Waals surface area (Å²) in [5, 5.41) is 10.8. The van der Waals surface area contributed by atoms with Crippen LogP contribution in [0.2, 0.25) is 0 Å². The fraction of sp³-hybridized carbons (Fsp3) is 0.657. The maximum Gasteiger partial charge on any atom is 0.341 e. The predicted octanol–water partition coefficient (Wildman–Crippen LogP) is 3.77. The Kier molecular flexibility index (Phi) is 7.09. The molecule has 0 spiro atoms. The zero-order chi connectivity index (χ0) is 31.0. The molecule has 2 aromatic rings. The van der Waals surface area contributed by atoms with Crippen LogP contribution in [0.25, 0.3) is 0 Å². The summed E-state index contributed by atoms with van der Waals surface area (Å²) in [6.45, 7) is 6.04. The summed E-state index contributed by atoms with van der Waals surface area (Å²) in [4.78, 5) is 44.4. The van der Waals surface area contributed by atoms with Gasteiger partial charge in [-0.1, -0.05) is 44.7 Å². The number of carbonyl (C=O) groups excluding carboxylic acids is 3. The molecule has 44 heavy (non-hydrogen) atoms. The highest BCUT2D eigenvalue weighted by molar-refractivity contribution is 6.01. The average Bonchev–Trinajstić information content (AvgIpc) is 3.24. The first kappa shape index (κ1) is 29.7. The molecule has 5 aliphatic rings. The van der Waals surface area contributed by atoms with Crippen molar-refractivity contribution in [2.24, 2.45) is 30.2 Å². The number of rotatable bonds is 8. The lowest BCUT2D eigenvalue weighted by atomic mass is 9.64. The summed E-state index contributed by atoms with van der Waals surface area (Å²) in [5.74, 6) is 1.12. The van der Waals surface area contributed by atoms with E-state index in [0.29, 0.717) is 24.1 Å². The molecule has 6 unspecified atom stereocenters. The second-order valence-electron chi connectivity index (χ2n) is 15.2. The van der Waals surface area contributed by atoms with Crippen molar-refractivity contribution < 1.29 is 14.4 Å². The number of hydrogen-bond acceptors (Lipinski definition) is 5. The minimum atomic E-state index is -0.598. The third-order valence-corrected chi connectivity index (χ3v) is 12.8. The van der Waals surface area contributed by atoms with Crippen molar-refractivity contribution in [2.75, 3.05) is 27.2 Å². The van der Waals surface area contributed by atoms with Crippen molar-refractivity contribution in [3.8, 4) is 0 Å². The van der Waals surface area contributed by atoms with Crippen LogP contribution in [0.15, 0.2) is 36.5 Å². The first-order valence-electron chi connectivity index (χ1n) is 16.8. The number of nitrogens with one attached hydrogen (secondary N) is 2. The quantitative estimate of drug-likeness (QED) is 0.450. The van der Waals surface area contributed by atoms with E-state index in [1.165, 1.54) is 25.7 Å². The molecule has 7 atom stereocenters. The van der Waals surface area contributed by atoms with Gasteiger partial charge in [0.2, 0.25) is 5.91 Å². The maximum absolute atomic E-state index is 14.7. The number of likely N-dealkylation sites (tertiary alicyclic amines) is 2. The fourth-order valence-corrected chi connectivity index (χ4v) is 9.39. The van der Waals surface area contributed by atoms with Crippen molar-refractivity contribution in [1.29, 1.82) is 0 Å². The SMILES string of the molecule is CC(NC(=O)C1(c2ccc([N+]3(C)C(=O)[C@@H](NC(=O)c4ccnn4C)C(C4CCC4)C4(C)CC43)cc2)CCN(C)C1)C1CCC1. The molecule has 3 saturated carbocycles. The number of aryl methyl sites for hydroxylation is 1. The first-order valence-corrected chi connectivity index (χ1v) is 16.8. The van der Waals surface area contributed by atoms with Crippen LogP contribution in [0.1, 0.15) is 81.3 Å². The van der Waals surface area contributed by atoms with Gasteiger partial charge in [-0.25, -0.2) is 9.28 Å². The van der Waals surface area contributed by atoms with Gasteiger partial charge < -0.3 is 15.5 Å². The van der Waals surface area contributed by atoms with Gasteiger partial charge in [0.1, 0.15) is 23.5 Å². The van der Waals surface area contributed by atoms with Crippen LogP contribution in [-0.2, 0) is 22.1 Å². The monoisotopic (exact) mass is 601 g/mol. The summed E-state index contributed by atoms with van der Waals surface area (Å²) in [7, 11) is 5.88. The number of hydrogen-bond donors (Lipinski definition) is 2.